The molecule has 0 N–H and O–H groups in total. The molecule has 1 heterocycles. The van der Waals surface area contributed by atoms with Crippen molar-refractivity contribution >= 4 is 0 Å². The molecule has 3 nitrogen and oxygen atoms in total. The van der Waals surface area contributed by atoms with Crippen LogP contribution < -0.4 is 0 Å². The van der Waals surface area contributed by atoms with Gasteiger partial charge in [0.15, 0.2) is 0 Å². The highest BCUT2D eigenvalue weighted by Crippen LogP contribution is 2.14. The fourth-order valence-electron chi connectivity index (χ4n) is 2.74. The Hall–Kier alpha value is -0.970. The zero-order chi connectivity index (χ0) is 15.1. The molecule has 1 aromatic carbocycles. The highest BCUT2D eigenvalue weighted by molar-refractivity contribution is 5.27. The number of halogens is 1. The van der Waals surface area contributed by atoms with Crippen LogP contribution in [0.4, 0.5) is 4.39 Å². The van der Waals surface area contributed by atoms with E-state index in [4.69, 9.17) is 4.74 Å². The SMILES string of the molecule is Cc1c(F)cccc1CN(C)CCCCN1CCOCC1. The molecule has 1 saturated heterocycles. The number of hydrogen-bond donors (Lipinski definition) is 0. The van der Waals surface area contributed by atoms with E-state index < -0.39 is 0 Å². The minimum Gasteiger partial charge on any atom is -0.379 e. The Balaban J connectivity index is 1.65. The molecule has 0 saturated carbocycles. The molecule has 1 aliphatic rings. The zero-order valence-electron chi connectivity index (χ0n) is 13.3. The zero-order valence-corrected chi connectivity index (χ0v) is 13.3. The summed E-state index contributed by atoms with van der Waals surface area (Å²) < 4.78 is 18.9. The topological polar surface area (TPSA) is 15.7 Å². The highest BCUT2D eigenvalue weighted by atomic mass is 19.1. The maximum Gasteiger partial charge on any atom is 0.126 e. The van der Waals surface area contributed by atoms with Crippen LogP contribution in [0, 0.1) is 12.7 Å². The van der Waals surface area contributed by atoms with Gasteiger partial charge in [-0.25, -0.2) is 4.39 Å². The quantitative estimate of drug-likeness (QED) is 0.719. The van der Waals surface area contributed by atoms with E-state index in [1.54, 1.807) is 6.07 Å². The molecule has 0 aliphatic carbocycles. The van der Waals surface area contributed by atoms with Gasteiger partial charge >= 0.3 is 0 Å². The summed E-state index contributed by atoms with van der Waals surface area (Å²) >= 11 is 0. The molecule has 1 aliphatic heterocycles. The third-order valence-corrected chi connectivity index (χ3v) is 4.19. The summed E-state index contributed by atoms with van der Waals surface area (Å²) in [5.74, 6) is -0.104. The Kier molecular flexibility index (Phi) is 6.61. The predicted molar refractivity (Wildman–Crippen MR) is 84.0 cm³/mol. The van der Waals surface area contributed by atoms with Crippen molar-refractivity contribution in [1.82, 2.24) is 9.80 Å². The molecule has 1 fully saturated rings. The summed E-state index contributed by atoms with van der Waals surface area (Å²) in [7, 11) is 2.11. The smallest absolute Gasteiger partial charge is 0.126 e. The number of morpholine rings is 1. The summed E-state index contributed by atoms with van der Waals surface area (Å²) in [6.45, 7) is 8.78. The van der Waals surface area contributed by atoms with Crippen molar-refractivity contribution in [3.05, 3.63) is 35.1 Å². The lowest BCUT2D eigenvalue weighted by Gasteiger charge is -2.26. The molecule has 21 heavy (non-hydrogen) atoms. The van der Waals surface area contributed by atoms with Crippen LogP contribution in [-0.2, 0) is 11.3 Å². The van der Waals surface area contributed by atoms with Crippen molar-refractivity contribution in [3.8, 4) is 0 Å². The van der Waals surface area contributed by atoms with Gasteiger partial charge in [-0.15, -0.1) is 0 Å². The molecule has 0 radical (unpaired) electrons. The summed E-state index contributed by atoms with van der Waals surface area (Å²) in [6, 6.07) is 5.34. The van der Waals surface area contributed by atoms with Crippen molar-refractivity contribution in [3.63, 3.8) is 0 Å². The average molecular weight is 294 g/mol. The highest BCUT2D eigenvalue weighted by Gasteiger charge is 2.10. The van der Waals surface area contributed by atoms with Crippen LogP contribution in [0.2, 0.25) is 0 Å². The lowest BCUT2D eigenvalue weighted by molar-refractivity contribution is 0.0369. The van der Waals surface area contributed by atoms with Crippen molar-refractivity contribution in [1.29, 1.82) is 0 Å². The minimum absolute atomic E-state index is 0.104. The Morgan fingerprint density at radius 3 is 2.76 bits per heavy atom. The molecule has 0 amide bonds. The molecule has 1 aromatic rings. The normalized spacial score (nSPS) is 16.6. The molecule has 0 bridgehead atoms. The predicted octanol–water partition coefficient (Wildman–Crippen LogP) is 2.68. The van der Waals surface area contributed by atoms with E-state index in [-0.39, 0.29) is 5.82 Å². The monoisotopic (exact) mass is 294 g/mol. The van der Waals surface area contributed by atoms with Gasteiger partial charge in [0.25, 0.3) is 0 Å². The first-order chi connectivity index (χ1) is 10.2. The van der Waals surface area contributed by atoms with Gasteiger partial charge in [-0.05, 0) is 57.1 Å². The maximum atomic E-state index is 13.5. The van der Waals surface area contributed by atoms with Gasteiger partial charge in [-0.2, -0.15) is 0 Å². The lowest BCUT2D eigenvalue weighted by atomic mass is 10.1. The summed E-state index contributed by atoms with van der Waals surface area (Å²) in [6.07, 6.45) is 2.40. The second-order valence-corrected chi connectivity index (χ2v) is 5.92. The van der Waals surface area contributed by atoms with Gasteiger partial charge in [0.1, 0.15) is 5.82 Å². The Morgan fingerprint density at radius 1 is 1.24 bits per heavy atom. The van der Waals surface area contributed by atoms with Crippen molar-refractivity contribution in [2.75, 3.05) is 46.4 Å². The third kappa shape index (κ3) is 5.38. The fourth-order valence-corrected chi connectivity index (χ4v) is 2.74. The van der Waals surface area contributed by atoms with Crippen molar-refractivity contribution in [2.45, 2.75) is 26.3 Å². The largest absolute Gasteiger partial charge is 0.379 e. The van der Waals surface area contributed by atoms with Crippen molar-refractivity contribution in [2.24, 2.45) is 0 Å². The van der Waals surface area contributed by atoms with Crippen LogP contribution in [0.15, 0.2) is 18.2 Å². The van der Waals surface area contributed by atoms with Crippen LogP contribution >= 0.6 is 0 Å². The molecular formula is C17H27FN2O. The van der Waals surface area contributed by atoms with E-state index >= 15 is 0 Å². The van der Waals surface area contributed by atoms with Gasteiger partial charge in [-0.1, -0.05) is 12.1 Å². The number of benzene rings is 1. The van der Waals surface area contributed by atoms with Crippen LogP contribution in [0.3, 0.4) is 0 Å². The second kappa shape index (κ2) is 8.47. The second-order valence-electron chi connectivity index (χ2n) is 5.92. The van der Waals surface area contributed by atoms with E-state index in [2.05, 4.69) is 16.8 Å². The molecule has 0 aromatic heterocycles. The number of unbranched alkanes of at least 4 members (excludes halogenated alkanes) is 1. The summed E-state index contributed by atoms with van der Waals surface area (Å²) in [5.41, 5.74) is 1.86. The molecule has 0 spiro atoms. The maximum absolute atomic E-state index is 13.5. The molecule has 118 valence electrons. The average Bonchev–Trinajstić information content (AvgIpc) is 2.49. The molecule has 0 atom stereocenters. The van der Waals surface area contributed by atoms with Crippen LogP contribution in [-0.4, -0.2) is 56.2 Å². The van der Waals surface area contributed by atoms with Gasteiger partial charge in [0, 0.05) is 19.6 Å². The van der Waals surface area contributed by atoms with Gasteiger partial charge in [0.05, 0.1) is 13.2 Å². The van der Waals surface area contributed by atoms with E-state index in [1.165, 1.54) is 18.9 Å². The van der Waals surface area contributed by atoms with Crippen LogP contribution in [0.1, 0.15) is 24.0 Å². The van der Waals surface area contributed by atoms with Gasteiger partial charge in [-0.3, -0.25) is 4.90 Å². The first-order valence-corrected chi connectivity index (χ1v) is 7.89. The lowest BCUT2D eigenvalue weighted by Crippen LogP contribution is -2.37. The number of nitrogens with zero attached hydrogens (tertiary/aromatic N) is 2. The Bertz CT molecular complexity index is 433. The van der Waals surface area contributed by atoms with E-state index in [9.17, 15) is 4.39 Å². The molecule has 2 rings (SSSR count). The van der Waals surface area contributed by atoms with Crippen LogP contribution in [0.25, 0.3) is 0 Å². The Morgan fingerprint density at radius 2 is 2.00 bits per heavy atom. The first kappa shape index (κ1) is 16.4. The van der Waals surface area contributed by atoms with Crippen molar-refractivity contribution < 1.29 is 9.13 Å². The van der Waals surface area contributed by atoms with E-state index in [0.29, 0.717) is 0 Å². The van der Waals surface area contributed by atoms with Gasteiger partial charge < -0.3 is 9.64 Å². The number of ether oxygens (including phenoxy) is 1. The third-order valence-electron chi connectivity index (χ3n) is 4.19. The molecule has 4 heteroatoms. The molecular weight excluding hydrogens is 267 g/mol. The minimum atomic E-state index is -0.104. The van der Waals surface area contributed by atoms with Crippen LogP contribution in [0.5, 0.6) is 0 Å². The fraction of sp³-hybridized carbons (Fsp3) is 0.647. The number of rotatable bonds is 7. The standard InChI is InChI=1S/C17H27FN2O/c1-15-16(6-5-7-17(15)18)14-19(2)8-3-4-9-20-10-12-21-13-11-20/h5-7H,3-4,8-14H2,1-2H3. The summed E-state index contributed by atoms with van der Waals surface area (Å²) in [4.78, 5) is 4.75. The number of hydrogen-bond acceptors (Lipinski definition) is 3. The summed E-state index contributed by atoms with van der Waals surface area (Å²) in [5, 5.41) is 0. The molecule has 0 unspecified atom stereocenters. The Labute approximate surface area is 127 Å². The first-order valence-electron chi connectivity index (χ1n) is 7.89. The van der Waals surface area contributed by atoms with E-state index in [0.717, 1.165) is 57.1 Å². The van der Waals surface area contributed by atoms with Gasteiger partial charge in [0.2, 0.25) is 0 Å². The van der Waals surface area contributed by atoms with E-state index in [1.807, 2.05) is 13.0 Å².